The van der Waals surface area contributed by atoms with Crippen LogP contribution in [-0.4, -0.2) is 43.7 Å². The van der Waals surface area contributed by atoms with Crippen LogP contribution in [0.3, 0.4) is 0 Å². The van der Waals surface area contributed by atoms with E-state index in [1.165, 1.54) is 16.9 Å². The van der Waals surface area contributed by atoms with E-state index in [-0.39, 0.29) is 0 Å². The van der Waals surface area contributed by atoms with Gasteiger partial charge in [-0.15, -0.1) is 21.5 Å². The van der Waals surface area contributed by atoms with Gasteiger partial charge >= 0.3 is 0 Å². The topological polar surface area (TPSA) is 101 Å². The van der Waals surface area contributed by atoms with E-state index in [2.05, 4.69) is 64.0 Å². The predicted octanol–water partition coefficient (Wildman–Crippen LogP) is 4.20. The Bertz CT molecular complexity index is 1070. The summed E-state index contributed by atoms with van der Waals surface area (Å²) in [5, 5.41) is 17.6. The van der Waals surface area contributed by atoms with E-state index in [4.69, 9.17) is 4.74 Å². The highest BCUT2D eigenvalue weighted by Crippen LogP contribution is 2.41. The van der Waals surface area contributed by atoms with Crippen molar-refractivity contribution in [2.24, 2.45) is 0 Å². The molecule has 4 rings (SSSR count). The van der Waals surface area contributed by atoms with Crippen molar-refractivity contribution >= 4 is 33.1 Å². The van der Waals surface area contributed by atoms with Crippen LogP contribution in [0.25, 0.3) is 21.3 Å². The van der Waals surface area contributed by atoms with E-state index in [1.54, 1.807) is 6.33 Å². The summed E-state index contributed by atoms with van der Waals surface area (Å²) in [5.74, 6) is 2.00. The van der Waals surface area contributed by atoms with E-state index < -0.39 is 0 Å². The number of halogens is 1. The molecule has 148 valence electrons. The average molecular weight is 472 g/mol. The Kier molecular flexibility index (Phi) is 6.11. The molecule has 0 amide bonds. The number of thiophene rings is 1. The third kappa shape index (κ3) is 4.77. The van der Waals surface area contributed by atoms with Gasteiger partial charge in [0.15, 0.2) is 0 Å². The zero-order valence-electron chi connectivity index (χ0n) is 15.6. The maximum atomic E-state index is 5.74. The van der Waals surface area contributed by atoms with Gasteiger partial charge in [-0.1, -0.05) is 28.1 Å². The quantitative estimate of drug-likeness (QED) is 0.396. The first-order valence-corrected chi connectivity index (χ1v) is 10.6. The fourth-order valence-corrected chi connectivity index (χ4v) is 4.01. The second kappa shape index (κ2) is 9.10. The van der Waals surface area contributed by atoms with Crippen LogP contribution >= 0.6 is 27.3 Å². The monoisotopic (exact) mass is 471 g/mol. The Hall–Kier alpha value is -2.85. The lowest BCUT2D eigenvalue weighted by Gasteiger charge is -2.06. The second-order valence-electron chi connectivity index (χ2n) is 6.06. The zero-order valence-corrected chi connectivity index (χ0v) is 18.0. The molecule has 29 heavy (non-hydrogen) atoms. The molecule has 10 heteroatoms. The molecule has 0 saturated heterocycles. The number of hydrogen-bond donors (Lipinski definition) is 2. The third-order valence-corrected chi connectivity index (χ3v) is 5.76. The molecule has 0 bridgehead atoms. The number of anilines is 1. The number of ether oxygens (including phenoxy) is 1. The summed E-state index contributed by atoms with van der Waals surface area (Å²) < 4.78 is 6.82. The van der Waals surface area contributed by atoms with E-state index in [0.29, 0.717) is 12.4 Å². The molecule has 0 aliphatic carbocycles. The maximum Gasteiger partial charge on any atom is 0.218 e. The molecule has 0 unspecified atom stereocenters. The number of hydrogen-bond acceptors (Lipinski definition) is 8. The Morgan fingerprint density at radius 1 is 1.17 bits per heavy atom. The third-order valence-electron chi connectivity index (χ3n) is 4.10. The maximum absolute atomic E-state index is 5.74. The molecule has 0 fully saturated rings. The number of nitrogens with one attached hydrogen (secondary N) is 2. The van der Waals surface area contributed by atoms with Gasteiger partial charge in [-0.3, -0.25) is 0 Å². The fraction of sp³-hybridized carbons (Fsp3) is 0.211. The number of benzene rings is 1. The first-order chi connectivity index (χ1) is 14.2. The smallest absolute Gasteiger partial charge is 0.218 e. The first kappa shape index (κ1) is 19.5. The summed E-state index contributed by atoms with van der Waals surface area (Å²) in [6.07, 6.45) is 2.47. The molecule has 4 aromatic rings. The zero-order chi connectivity index (χ0) is 20.1. The van der Waals surface area contributed by atoms with Crippen molar-refractivity contribution in [2.75, 3.05) is 18.5 Å². The van der Waals surface area contributed by atoms with Gasteiger partial charge in [-0.2, -0.15) is 5.21 Å². The van der Waals surface area contributed by atoms with Gasteiger partial charge < -0.3 is 10.1 Å². The number of H-pyrrole nitrogens is 1. The van der Waals surface area contributed by atoms with Crippen LogP contribution in [-0.2, 0) is 6.42 Å². The standard InChI is InChI=1S/C19H18BrN7OS/c1-2-28-15-10-16(29-18(15)19-24-26-27-25-19)14-9-17(23-11-22-14)21-8-7-12-3-5-13(20)6-4-12/h3-6,9-11H,2,7-8H2,1H3,(H,21,22,23)(H,24,25,26,27). The molecule has 0 aliphatic rings. The summed E-state index contributed by atoms with van der Waals surface area (Å²) in [6.45, 7) is 3.27. The summed E-state index contributed by atoms with van der Waals surface area (Å²) in [4.78, 5) is 10.5. The molecule has 0 saturated carbocycles. The molecular formula is C19H18BrN7OS. The molecule has 8 nitrogen and oxygen atoms in total. The molecule has 1 aromatic carbocycles. The molecule has 0 atom stereocenters. The SMILES string of the molecule is CCOc1cc(-c2cc(NCCc3ccc(Br)cc3)ncn2)sc1-c1nn[nH]n1. The normalized spacial score (nSPS) is 10.8. The van der Waals surface area contributed by atoms with Crippen LogP contribution in [0.5, 0.6) is 5.75 Å². The fourth-order valence-electron chi connectivity index (χ4n) is 2.75. The number of aromatic amines is 1. The van der Waals surface area contributed by atoms with E-state index in [9.17, 15) is 0 Å². The summed E-state index contributed by atoms with van der Waals surface area (Å²) in [7, 11) is 0. The summed E-state index contributed by atoms with van der Waals surface area (Å²) in [6, 6.07) is 12.2. The van der Waals surface area contributed by atoms with Crippen molar-refractivity contribution in [3.63, 3.8) is 0 Å². The number of aromatic nitrogens is 6. The number of rotatable bonds is 8. The van der Waals surface area contributed by atoms with E-state index >= 15 is 0 Å². The van der Waals surface area contributed by atoms with Crippen LogP contribution in [0.15, 0.2) is 47.2 Å². The van der Waals surface area contributed by atoms with Gasteiger partial charge in [0.2, 0.25) is 5.82 Å². The Labute approximate surface area is 179 Å². The molecule has 0 aliphatic heterocycles. The Morgan fingerprint density at radius 3 is 2.79 bits per heavy atom. The molecule has 0 radical (unpaired) electrons. The van der Waals surface area contributed by atoms with Gasteiger partial charge in [0, 0.05) is 23.2 Å². The lowest BCUT2D eigenvalue weighted by Crippen LogP contribution is -2.06. The number of tetrazole rings is 1. The highest BCUT2D eigenvalue weighted by atomic mass is 79.9. The molecule has 0 spiro atoms. The van der Waals surface area contributed by atoms with Crippen LogP contribution in [0, 0.1) is 0 Å². The van der Waals surface area contributed by atoms with Crippen molar-refractivity contribution in [3.8, 4) is 27.0 Å². The van der Waals surface area contributed by atoms with Gasteiger partial charge in [0.05, 0.1) is 17.2 Å². The van der Waals surface area contributed by atoms with Gasteiger partial charge in [0.1, 0.15) is 22.8 Å². The summed E-state index contributed by atoms with van der Waals surface area (Å²) in [5.41, 5.74) is 2.08. The highest BCUT2D eigenvalue weighted by Gasteiger charge is 2.17. The lowest BCUT2D eigenvalue weighted by atomic mass is 10.1. The van der Waals surface area contributed by atoms with E-state index in [1.807, 2.05) is 31.2 Å². The van der Waals surface area contributed by atoms with Crippen LogP contribution in [0.4, 0.5) is 5.82 Å². The molecule has 3 aromatic heterocycles. The minimum absolute atomic E-state index is 0.506. The summed E-state index contributed by atoms with van der Waals surface area (Å²) >= 11 is 4.96. The average Bonchev–Trinajstić information content (AvgIpc) is 3.40. The van der Waals surface area contributed by atoms with Crippen molar-refractivity contribution in [1.82, 2.24) is 30.6 Å². The van der Waals surface area contributed by atoms with Gasteiger partial charge in [-0.25, -0.2) is 9.97 Å². The lowest BCUT2D eigenvalue weighted by molar-refractivity contribution is 0.343. The highest BCUT2D eigenvalue weighted by molar-refractivity contribution is 9.10. The van der Waals surface area contributed by atoms with Gasteiger partial charge in [-0.05, 0) is 36.3 Å². The number of nitrogens with zero attached hydrogens (tertiary/aromatic N) is 5. The largest absolute Gasteiger partial charge is 0.492 e. The van der Waals surface area contributed by atoms with Crippen molar-refractivity contribution in [2.45, 2.75) is 13.3 Å². The Morgan fingerprint density at radius 2 is 2.03 bits per heavy atom. The second-order valence-corrected chi connectivity index (χ2v) is 8.03. The van der Waals surface area contributed by atoms with Crippen molar-refractivity contribution in [3.05, 3.63) is 52.8 Å². The van der Waals surface area contributed by atoms with Crippen molar-refractivity contribution in [1.29, 1.82) is 0 Å². The minimum atomic E-state index is 0.506. The van der Waals surface area contributed by atoms with Crippen LogP contribution < -0.4 is 10.1 Å². The van der Waals surface area contributed by atoms with E-state index in [0.717, 1.165) is 44.5 Å². The van der Waals surface area contributed by atoms with Crippen LogP contribution in [0.1, 0.15) is 12.5 Å². The molecule has 2 N–H and O–H groups in total. The predicted molar refractivity (Wildman–Crippen MR) is 116 cm³/mol. The van der Waals surface area contributed by atoms with Crippen molar-refractivity contribution < 1.29 is 4.74 Å². The molecule has 3 heterocycles. The molecular weight excluding hydrogens is 454 g/mol. The first-order valence-electron chi connectivity index (χ1n) is 9.04. The Balaban J connectivity index is 1.49. The minimum Gasteiger partial charge on any atom is -0.492 e. The van der Waals surface area contributed by atoms with Gasteiger partial charge in [0.25, 0.3) is 0 Å². The van der Waals surface area contributed by atoms with Crippen LogP contribution in [0.2, 0.25) is 0 Å².